The van der Waals surface area contributed by atoms with Crippen molar-refractivity contribution in [1.82, 2.24) is 4.57 Å². The molecule has 0 saturated carbocycles. The highest BCUT2D eigenvalue weighted by atomic mass is 16.5. The van der Waals surface area contributed by atoms with Crippen molar-refractivity contribution >= 4 is 22.9 Å². The lowest BCUT2D eigenvalue weighted by Gasteiger charge is -2.12. The molecule has 0 atom stereocenters. The number of hydrogen-bond donors (Lipinski definition) is 0. The van der Waals surface area contributed by atoms with E-state index in [1.807, 2.05) is 91.0 Å². The van der Waals surface area contributed by atoms with Gasteiger partial charge in [-0.2, -0.15) is 5.26 Å². The van der Waals surface area contributed by atoms with Gasteiger partial charge in [0, 0.05) is 16.6 Å². The Morgan fingerprint density at radius 2 is 1.60 bits per heavy atom. The van der Waals surface area contributed by atoms with Crippen LogP contribution in [-0.2, 0) is 9.53 Å². The summed E-state index contributed by atoms with van der Waals surface area (Å²) in [6.07, 6.45) is 1.64. The van der Waals surface area contributed by atoms with E-state index in [4.69, 9.17) is 4.74 Å². The molecule has 0 aliphatic rings. The molecule has 4 rings (SSSR count). The van der Waals surface area contributed by atoms with Crippen LogP contribution in [0.3, 0.4) is 0 Å². The van der Waals surface area contributed by atoms with Crippen LogP contribution in [0.1, 0.15) is 12.5 Å². The van der Waals surface area contributed by atoms with E-state index in [2.05, 4.69) is 4.57 Å². The van der Waals surface area contributed by atoms with E-state index in [0.717, 1.165) is 33.4 Å². The first kappa shape index (κ1) is 19.2. The van der Waals surface area contributed by atoms with Crippen LogP contribution in [0, 0.1) is 11.3 Å². The molecule has 3 aromatic carbocycles. The first-order valence-electron chi connectivity index (χ1n) is 9.77. The van der Waals surface area contributed by atoms with Crippen LogP contribution in [0.15, 0.2) is 90.5 Å². The van der Waals surface area contributed by atoms with Crippen LogP contribution in [0.4, 0.5) is 0 Å². The minimum atomic E-state index is -0.615. The lowest BCUT2D eigenvalue weighted by Crippen LogP contribution is -2.06. The third-order valence-corrected chi connectivity index (χ3v) is 4.88. The average molecular weight is 392 g/mol. The van der Waals surface area contributed by atoms with Gasteiger partial charge >= 0.3 is 5.97 Å². The molecule has 0 fully saturated rings. The fourth-order valence-corrected chi connectivity index (χ4v) is 3.63. The Bertz CT molecular complexity index is 1260. The zero-order valence-corrected chi connectivity index (χ0v) is 16.6. The highest BCUT2D eigenvalue weighted by Gasteiger charge is 2.20. The number of nitrogens with zero attached hydrogens (tertiary/aromatic N) is 2. The van der Waals surface area contributed by atoms with Crippen LogP contribution < -0.4 is 0 Å². The highest BCUT2D eigenvalue weighted by molar-refractivity contribution is 6.05. The van der Waals surface area contributed by atoms with E-state index >= 15 is 0 Å². The molecule has 0 radical (unpaired) electrons. The zero-order chi connectivity index (χ0) is 20.9. The molecule has 1 aromatic heterocycles. The third-order valence-electron chi connectivity index (χ3n) is 4.88. The third kappa shape index (κ3) is 3.49. The quantitative estimate of drug-likeness (QED) is 0.246. The monoisotopic (exact) mass is 392 g/mol. The van der Waals surface area contributed by atoms with E-state index < -0.39 is 5.97 Å². The summed E-state index contributed by atoms with van der Waals surface area (Å²) in [5, 5.41) is 10.6. The first-order valence-corrected chi connectivity index (χ1v) is 9.77. The largest absolute Gasteiger partial charge is 0.462 e. The number of para-hydroxylation sites is 2. The zero-order valence-electron chi connectivity index (χ0n) is 16.6. The topological polar surface area (TPSA) is 55.0 Å². The van der Waals surface area contributed by atoms with Crippen molar-refractivity contribution in [2.45, 2.75) is 6.92 Å². The second-order valence-electron chi connectivity index (χ2n) is 6.71. The summed E-state index contributed by atoms with van der Waals surface area (Å²) >= 11 is 0. The minimum absolute atomic E-state index is 0.0232. The van der Waals surface area contributed by atoms with Crippen molar-refractivity contribution in [2.75, 3.05) is 6.61 Å². The van der Waals surface area contributed by atoms with Crippen LogP contribution in [0.5, 0.6) is 0 Å². The van der Waals surface area contributed by atoms with Crippen LogP contribution in [0.25, 0.3) is 33.9 Å². The molecule has 4 heteroatoms. The van der Waals surface area contributed by atoms with Gasteiger partial charge in [0.15, 0.2) is 0 Å². The summed E-state index contributed by atoms with van der Waals surface area (Å²) in [5.41, 5.74) is 4.69. The fourth-order valence-electron chi connectivity index (χ4n) is 3.63. The summed E-state index contributed by atoms with van der Waals surface area (Å²) in [6, 6.07) is 30.0. The molecule has 0 amide bonds. The molecule has 0 unspecified atom stereocenters. The summed E-state index contributed by atoms with van der Waals surface area (Å²) in [7, 11) is 0. The van der Waals surface area contributed by atoms with Gasteiger partial charge in [0.25, 0.3) is 0 Å². The number of fused-ring (bicyclic) bond motifs is 1. The maximum absolute atomic E-state index is 12.3. The molecule has 1 heterocycles. The van der Waals surface area contributed by atoms with Gasteiger partial charge in [-0.3, -0.25) is 0 Å². The molecule has 4 aromatic rings. The average Bonchev–Trinajstić information content (AvgIpc) is 3.13. The second-order valence-corrected chi connectivity index (χ2v) is 6.71. The minimum Gasteiger partial charge on any atom is -0.462 e. The summed E-state index contributed by atoms with van der Waals surface area (Å²) in [4.78, 5) is 12.3. The number of rotatable bonds is 5. The Morgan fingerprint density at radius 3 is 2.27 bits per heavy atom. The smallest absolute Gasteiger partial charge is 0.348 e. The molecule has 0 saturated heterocycles. The Labute approximate surface area is 175 Å². The number of aromatic nitrogens is 1. The number of hydrogen-bond acceptors (Lipinski definition) is 3. The lowest BCUT2D eigenvalue weighted by molar-refractivity contribution is -0.137. The van der Waals surface area contributed by atoms with Crippen molar-refractivity contribution < 1.29 is 9.53 Å². The van der Waals surface area contributed by atoms with Gasteiger partial charge in [-0.05, 0) is 36.8 Å². The molecular formula is C26H20N2O2. The number of nitriles is 1. The Hall–Kier alpha value is -4.10. The van der Waals surface area contributed by atoms with E-state index in [1.54, 1.807) is 13.0 Å². The standard InChI is InChI=1S/C26H20N2O2/c1-2-30-26(29)20(18-27)17-23-22-15-9-10-16-24(22)28(21-13-7-4-8-14-21)25(23)19-11-5-3-6-12-19/h3-17H,2H2,1H3/b20-17+. The normalized spacial score (nSPS) is 11.3. The van der Waals surface area contributed by atoms with Gasteiger partial charge < -0.3 is 9.30 Å². The van der Waals surface area contributed by atoms with Crippen LogP contribution >= 0.6 is 0 Å². The molecule has 146 valence electrons. The van der Waals surface area contributed by atoms with Crippen molar-refractivity contribution in [1.29, 1.82) is 5.26 Å². The van der Waals surface area contributed by atoms with Crippen LogP contribution in [-0.4, -0.2) is 17.1 Å². The number of carbonyl (C=O) groups excluding carboxylic acids is 1. The number of ether oxygens (including phenoxy) is 1. The summed E-state index contributed by atoms with van der Waals surface area (Å²) < 4.78 is 7.24. The lowest BCUT2D eigenvalue weighted by atomic mass is 10.0. The molecule has 4 nitrogen and oxygen atoms in total. The molecule has 0 bridgehead atoms. The number of carbonyl (C=O) groups is 1. The molecule has 0 spiro atoms. The van der Waals surface area contributed by atoms with E-state index in [-0.39, 0.29) is 12.2 Å². The van der Waals surface area contributed by atoms with Gasteiger partial charge in [-0.25, -0.2) is 4.79 Å². The van der Waals surface area contributed by atoms with Crippen molar-refractivity contribution in [3.63, 3.8) is 0 Å². The summed E-state index contributed by atoms with van der Waals surface area (Å²) in [6.45, 7) is 1.94. The molecular weight excluding hydrogens is 372 g/mol. The highest BCUT2D eigenvalue weighted by Crippen LogP contribution is 2.37. The van der Waals surface area contributed by atoms with Gasteiger partial charge in [0.1, 0.15) is 11.6 Å². The van der Waals surface area contributed by atoms with Crippen molar-refractivity contribution in [2.24, 2.45) is 0 Å². The Morgan fingerprint density at radius 1 is 0.967 bits per heavy atom. The predicted octanol–water partition coefficient (Wildman–Crippen LogP) is 5.77. The van der Waals surface area contributed by atoms with Crippen molar-refractivity contribution in [3.05, 3.63) is 96.1 Å². The maximum atomic E-state index is 12.3. The van der Waals surface area contributed by atoms with Crippen LogP contribution in [0.2, 0.25) is 0 Å². The first-order chi connectivity index (χ1) is 14.7. The second kappa shape index (κ2) is 8.50. The Balaban J connectivity index is 2.10. The van der Waals surface area contributed by atoms with E-state index in [9.17, 15) is 10.1 Å². The number of benzene rings is 3. The predicted molar refractivity (Wildman–Crippen MR) is 119 cm³/mol. The van der Waals surface area contributed by atoms with E-state index in [1.165, 1.54) is 0 Å². The Kier molecular flexibility index (Phi) is 5.45. The van der Waals surface area contributed by atoms with Gasteiger partial charge in [0.2, 0.25) is 0 Å². The fraction of sp³-hybridized carbons (Fsp3) is 0.0769. The van der Waals surface area contributed by atoms with Crippen molar-refractivity contribution in [3.8, 4) is 23.0 Å². The maximum Gasteiger partial charge on any atom is 0.348 e. The van der Waals surface area contributed by atoms with E-state index in [0.29, 0.717) is 0 Å². The summed E-state index contributed by atoms with van der Waals surface area (Å²) in [5.74, 6) is -0.615. The SMILES string of the molecule is CCOC(=O)/C(C#N)=C/c1c(-c2ccccc2)n(-c2ccccc2)c2ccccc12. The molecule has 30 heavy (non-hydrogen) atoms. The van der Waals surface area contributed by atoms with Gasteiger partial charge in [-0.15, -0.1) is 0 Å². The number of esters is 1. The van der Waals surface area contributed by atoms with Gasteiger partial charge in [-0.1, -0.05) is 66.7 Å². The van der Waals surface area contributed by atoms with Gasteiger partial charge in [0.05, 0.1) is 17.8 Å². The molecule has 0 aliphatic carbocycles. The molecule has 0 N–H and O–H groups in total. The molecule has 0 aliphatic heterocycles.